The molecule has 0 amide bonds. The first-order valence-corrected chi connectivity index (χ1v) is 9.35. The molecule has 0 unspecified atom stereocenters. The highest BCUT2D eigenvalue weighted by molar-refractivity contribution is 7.09. The van der Waals surface area contributed by atoms with Crippen LogP contribution in [0.4, 0.5) is 11.4 Å². The summed E-state index contributed by atoms with van der Waals surface area (Å²) in [5.74, 6) is -0.489. The van der Waals surface area contributed by atoms with Crippen molar-refractivity contribution in [3.8, 4) is 5.75 Å². The second-order valence-electron chi connectivity index (χ2n) is 5.67. The molecule has 0 saturated carbocycles. The number of fused-ring (bicyclic) bond motifs is 3. The molecule has 2 aromatic carbocycles. The monoisotopic (exact) mass is 413 g/mol. The molecule has 0 spiro atoms. The van der Waals surface area contributed by atoms with E-state index in [9.17, 15) is 9.90 Å². The Morgan fingerprint density at radius 1 is 1.14 bits per heavy atom. The van der Waals surface area contributed by atoms with Gasteiger partial charge in [-0.2, -0.15) is 14.6 Å². The maximum Gasteiger partial charge on any atom is 0.352 e. The first-order valence-electron chi connectivity index (χ1n) is 8.20. The van der Waals surface area contributed by atoms with Gasteiger partial charge in [-0.25, -0.2) is 4.79 Å². The third-order valence-corrected chi connectivity index (χ3v) is 4.95. The standard InChI is InChI=1S/C18H12ClN5O3S/c1-2-27-18(26)17-16-15(24-28-17)11-7-9(3-5-13(11)22-23-16)20-21-10-4-6-14(25)12(19)8-10/h3-8,25H,2H2,1H3. The van der Waals surface area contributed by atoms with E-state index < -0.39 is 5.97 Å². The van der Waals surface area contributed by atoms with Crippen LogP contribution in [-0.4, -0.2) is 32.3 Å². The number of phenolic OH excluding ortho intramolecular Hbond substituents is 1. The Morgan fingerprint density at radius 2 is 1.89 bits per heavy atom. The second-order valence-corrected chi connectivity index (χ2v) is 6.85. The molecule has 8 nitrogen and oxygen atoms in total. The number of rotatable bonds is 4. The zero-order valence-electron chi connectivity index (χ0n) is 14.5. The van der Waals surface area contributed by atoms with Gasteiger partial charge in [-0.05, 0) is 54.9 Å². The number of ether oxygens (including phenoxy) is 1. The largest absolute Gasteiger partial charge is 0.506 e. The van der Waals surface area contributed by atoms with E-state index in [-0.39, 0.29) is 17.4 Å². The van der Waals surface area contributed by atoms with E-state index in [0.29, 0.717) is 38.2 Å². The fourth-order valence-corrected chi connectivity index (χ4v) is 3.43. The average Bonchev–Trinajstić information content (AvgIpc) is 3.14. The van der Waals surface area contributed by atoms with Gasteiger partial charge in [-0.15, -0.1) is 10.2 Å². The number of azo groups is 1. The van der Waals surface area contributed by atoms with Gasteiger partial charge in [-0.1, -0.05) is 11.6 Å². The van der Waals surface area contributed by atoms with Crippen LogP contribution in [0, 0.1) is 0 Å². The Hall–Kier alpha value is -3.17. The van der Waals surface area contributed by atoms with E-state index in [1.54, 1.807) is 31.2 Å². The second kappa shape index (κ2) is 7.45. The maximum absolute atomic E-state index is 12.1. The summed E-state index contributed by atoms with van der Waals surface area (Å²) in [7, 11) is 0. The summed E-state index contributed by atoms with van der Waals surface area (Å²) in [4.78, 5) is 12.4. The molecule has 2 aromatic heterocycles. The predicted octanol–water partition coefficient (Wildman–Crippen LogP) is 5.19. The molecule has 4 rings (SSSR count). The van der Waals surface area contributed by atoms with Crippen molar-refractivity contribution in [3.05, 3.63) is 46.3 Å². The molecule has 0 aliphatic heterocycles. The smallest absolute Gasteiger partial charge is 0.352 e. The number of halogens is 1. The molecule has 4 aromatic rings. The fraction of sp³-hybridized carbons (Fsp3) is 0.111. The van der Waals surface area contributed by atoms with Crippen molar-refractivity contribution >= 4 is 62.4 Å². The van der Waals surface area contributed by atoms with Crippen LogP contribution < -0.4 is 0 Å². The number of aromatic hydroxyl groups is 1. The van der Waals surface area contributed by atoms with Crippen LogP contribution in [0.2, 0.25) is 5.02 Å². The number of nitrogens with zero attached hydrogens (tertiary/aromatic N) is 5. The van der Waals surface area contributed by atoms with Gasteiger partial charge >= 0.3 is 5.97 Å². The van der Waals surface area contributed by atoms with Gasteiger partial charge < -0.3 is 9.84 Å². The maximum atomic E-state index is 12.1. The normalized spacial score (nSPS) is 11.5. The number of benzene rings is 2. The number of hydrogen-bond donors (Lipinski definition) is 1. The molecular weight excluding hydrogens is 402 g/mol. The lowest BCUT2D eigenvalue weighted by Crippen LogP contribution is -2.03. The van der Waals surface area contributed by atoms with E-state index in [1.807, 2.05) is 0 Å². The minimum atomic E-state index is -0.469. The van der Waals surface area contributed by atoms with E-state index >= 15 is 0 Å². The van der Waals surface area contributed by atoms with Crippen molar-refractivity contribution in [2.45, 2.75) is 6.92 Å². The van der Waals surface area contributed by atoms with Gasteiger partial charge in [0.1, 0.15) is 16.8 Å². The lowest BCUT2D eigenvalue weighted by atomic mass is 10.2. The van der Waals surface area contributed by atoms with Crippen molar-refractivity contribution in [2.24, 2.45) is 10.2 Å². The Balaban J connectivity index is 1.74. The molecule has 2 heterocycles. The zero-order chi connectivity index (χ0) is 19.7. The summed E-state index contributed by atoms with van der Waals surface area (Å²) in [6.07, 6.45) is 0. The summed E-state index contributed by atoms with van der Waals surface area (Å²) < 4.78 is 9.39. The molecule has 0 bridgehead atoms. The Bertz CT molecular complexity index is 1240. The van der Waals surface area contributed by atoms with Gasteiger partial charge in [-0.3, -0.25) is 0 Å². The third kappa shape index (κ3) is 3.37. The number of phenols is 1. The van der Waals surface area contributed by atoms with Crippen LogP contribution in [0.25, 0.3) is 21.9 Å². The van der Waals surface area contributed by atoms with Crippen LogP contribution >= 0.6 is 23.1 Å². The fourth-order valence-electron chi connectivity index (χ4n) is 2.53. The van der Waals surface area contributed by atoms with Gasteiger partial charge in [0, 0.05) is 5.39 Å². The van der Waals surface area contributed by atoms with Gasteiger partial charge in [0.15, 0.2) is 4.88 Å². The quantitative estimate of drug-likeness (QED) is 0.364. The van der Waals surface area contributed by atoms with E-state index in [0.717, 1.165) is 11.5 Å². The lowest BCUT2D eigenvalue weighted by molar-refractivity contribution is 0.0534. The molecular formula is C18H12ClN5O3S. The van der Waals surface area contributed by atoms with Crippen LogP contribution in [0.3, 0.4) is 0 Å². The molecule has 140 valence electrons. The van der Waals surface area contributed by atoms with Crippen molar-refractivity contribution in [1.29, 1.82) is 0 Å². The summed E-state index contributed by atoms with van der Waals surface area (Å²) in [5.41, 5.74) is 2.65. The summed E-state index contributed by atoms with van der Waals surface area (Å²) in [5, 5.41) is 27.0. The van der Waals surface area contributed by atoms with E-state index in [2.05, 4.69) is 24.8 Å². The molecule has 0 saturated heterocycles. The van der Waals surface area contributed by atoms with Crippen LogP contribution in [0.1, 0.15) is 16.6 Å². The number of aromatic nitrogens is 3. The van der Waals surface area contributed by atoms with Crippen LogP contribution in [-0.2, 0) is 4.74 Å². The van der Waals surface area contributed by atoms with Crippen molar-refractivity contribution in [2.75, 3.05) is 6.61 Å². The van der Waals surface area contributed by atoms with Crippen molar-refractivity contribution < 1.29 is 14.6 Å². The number of carbonyl (C=O) groups is 1. The highest BCUT2D eigenvalue weighted by Crippen LogP contribution is 2.31. The molecule has 0 aliphatic rings. The molecule has 1 N–H and O–H groups in total. The molecule has 0 radical (unpaired) electrons. The Kier molecular flexibility index (Phi) is 4.84. The zero-order valence-corrected chi connectivity index (χ0v) is 16.0. The first-order chi connectivity index (χ1) is 13.6. The van der Waals surface area contributed by atoms with Crippen LogP contribution in [0.5, 0.6) is 5.75 Å². The number of carbonyl (C=O) groups excluding carboxylic acids is 1. The van der Waals surface area contributed by atoms with E-state index in [4.69, 9.17) is 16.3 Å². The van der Waals surface area contributed by atoms with Crippen molar-refractivity contribution in [3.63, 3.8) is 0 Å². The molecule has 0 aliphatic carbocycles. The predicted molar refractivity (Wildman–Crippen MR) is 106 cm³/mol. The van der Waals surface area contributed by atoms with Gasteiger partial charge in [0.2, 0.25) is 0 Å². The number of hydrogen-bond acceptors (Lipinski definition) is 9. The summed E-state index contributed by atoms with van der Waals surface area (Å²) >= 11 is 6.90. The molecule has 28 heavy (non-hydrogen) atoms. The Morgan fingerprint density at radius 3 is 2.64 bits per heavy atom. The van der Waals surface area contributed by atoms with Gasteiger partial charge in [0.25, 0.3) is 0 Å². The SMILES string of the molecule is CCOC(=O)c1snc2c1nnc1ccc(N=Nc3ccc(O)c(Cl)c3)cc12. The minimum absolute atomic E-state index is 0.0202. The third-order valence-electron chi connectivity index (χ3n) is 3.83. The summed E-state index contributed by atoms with van der Waals surface area (Å²) in [6, 6.07) is 9.82. The minimum Gasteiger partial charge on any atom is -0.506 e. The molecule has 0 atom stereocenters. The highest BCUT2D eigenvalue weighted by Gasteiger charge is 2.19. The topological polar surface area (TPSA) is 110 Å². The molecule has 0 fully saturated rings. The van der Waals surface area contributed by atoms with Gasteiger partial charge in [0.05, 0.1) is 28.5 Å². The molecule has 10 heteroatoms. The number of esters is 1. The first kappa shape index (κ1) is 18.2. The average molecular weight is 414 g/mol. The summed E-state index contributed by atoms with van der Waals surface area (Å²) in [6.45, 7) is 2.01. The van der Waals surface area contributed by atoms with Crippen LogP contribution in [0.15, 0.2) is 46.6 Å². The van der Waals surface area contributed by atoms with Crippen molar-refractivity contribution in [1.82, 2.24) is 14.6 Å². The Labute approximate surface area is 167 Å². The van der Waals surface area contributed by atoms with E-state index in [1.165, 1.54) is 12.1 Å². The highest BCUT2D eigenvalue weighted by atomic mass is 35.5. The lowest BCUT2D eigenvalue weighted by Gasteiger charge is -2.01.